The molecule has 0 bridgehead atoms. The summed E-state index contributed by atoms with van der Waals surface area (Å²) in [6, 6.07) is 10.8. The Labute approximate surface area is 224 Å². The lowest BCUT2D eigenvalue weighted by atomic mass is 9.88. The van der Waals surface area contributed by atoms with Crippen LogP contribution in [0.3, 0.4) is 0 Å². The first-order chi connectivity index (χ1) is 18.1. The second kappa shape index (κ2) is 13.1. The number of aromatic nitrogens is 2. The maximum atomic E-state index is 13.0. The van der Waals surface area contributed by atoms with Gasteiger partial charge < -0.3 is 25.2 Å². The molecule has 2 atom stereocenters. The summed E-state index contributed by atoms with van der Waals surface area (Å²) in [5, 5.41) is 11.5. The van der Waals surface area contributed by atoms with Crippen molar-refractivity contribution in [1.82, 2.24) is 25.3 Å². The van der Waals surface area contributed by atoms with Crippen LogP contribution in [0.1, 0.15) is 52.5 Å². The van der Waals surface area contributed by atoms with E-state index in [9.17, 15) is 14.4 Å². The number of nitrogens with one attached hydrogen (secondary N) is 3. The number of carbonyl (C=O) groups is 3. The molecule has 0 fully saturated rings. The summed E-state index contributed by atoms with van der Waals surface area (Å²) in [5.74, 6) is -1.24. The number of ketones is 1. The van der Waals surface area contributed by atoms with Crippen molar-refractivity contribution in [1.29, 1.82) is 0 Å². The maximum absolute atomic E-state index is 13.0. The Hall–Kier alpha value is -3.82. The second-order valence-corrected chi connectivity index (χ2v) is 10.8. The molecular formula is C28H40N6O4. The van der Waals surface area contributed by atoms with Crippen molar-refractivity contribution >= 4 is 23.6 Å². The fourth-order valence-electron chi connectivity index (χ4n) is 4.16. The fourth-order valence-corrected chi connectivity index (χ4v) is 4.16. The Balaban J connectivity index is 1.63. The summed E-state index contributed by atoms with van der Waals surface area (Å²) in [7, 11) is 2.05. The van der Waals surface area contributed by atoms with E-state index >= 15 is 0 Å². The zero-order valence-corrected chi connectivity index (χ0v) is 23.0. The fraction of sp³-hybridized carbons (Fsp3) is 0.500. The molecule has 2 heterocycles. The van der Waals surface area contributed by atoms with Crippen molar-refractivity contribution in [2.75, 3.05) is 25.6 Å². The van der Waals surface area contributed by atoms with E-state index < -0.39 is 29.9 Å². The van der Waals surface area contributed by atoms with Crippen LogP contribution >= 0.6 is 0 Å². The SMILES string of the molecule is CCCC[C@H](NC(=O)O[C@H](CN1C=C(Cc2ccccc2)N(C)C1)C(C)(C)C)C(=O)C(=O)Nc1ccn[nH]1. The molecule has 0 saturated heterocycles. The number of benzene rings is 1. The molecule has 0 aliphatic carbocycles. The molecule has 0 saturated carbocycles. The highest BCUT2D eigenvalue weighted by atomic mass is 16.6. The standard InChI is InChI=1S/C28H40N6O4/c1-6-7-13-22(25(35)26(36)31-24-14-15-29-32-24)30-27(37)38-23(28(2,3)4)18-34-17-21(33(5)19-34)16-20-11-9-8-10-12-20/h8-12,14-15,17,22-23H,6-7,13,16,18-19H2,1-5H3,(H,30,37)(H2,29,31,32,36)/t22-,23+/m0/s1. The summed E-state index contributed by atoms with van der Waals surface area (Å²) < 4.78 is 5.87. The number of alkyl carbamates (subject to hydrolysis) is 1. The average molecular weight is 525 g/mol. The monoisotopic (exact) mass is 524 g/mol. The molecule has 10 nitrogen and oxygen atoms in total. The van der Waals surface area contributed by atoms with E-state index in [0.717, 1.165) is 12.8 Å². The third kappa shape index (κ3) is 8.36. The Kier molecular flexibility index (Phi) is 9.92. The van der Waals surface area contributed by atoms with E-state index in [0.29, 0.717) is 31.9 Å². The molecule has 1 aromatic heterocycles. The molecule has 10 heteroatoms. The highest BCUT2D eigenvalue weighted by Gasteiger charge is 2.34. The molecule has 1 aromatic carbocycles. The molecular weight excluding hydrogens is 484 g/mol. The molecule has 0 unspecified atom stereocenters. The number of H-pyrrole nitrogens is 1. The van der Waals surface area contributed by atoms with Gasteiger partial charge >= 0.3 is 6.09 Å². The maximum Gasteiger partial charge on any atom is 0.408 e. The molecule has 3 rings (SSSR count). The minimum Gasteiger partial charge on any atom is -0.444 e. The van der Waals surface area contributed by atoms with Gasteiger partial charge in [-0.15, -0.1) is 0 Å². The third-order valence-corrected chi connectivity index (χ3v) is 6.49. The van der Waals surface area contributed by atoms with Gasteiger partial charge in [0.25, 0.3) is 5.91 Å². The average Bonchev–Trinajstić information content (AvgIpc) is 3.50. The number of likely N-dealkylation sites (N-methyl/N-ethyl adjacent to an activating group) is 1. The van der Waals surface area contributed by atoms with Gasteiger partial charge in [-0.3, -0.25) is 14.7 Å². The van der Waals surface area contributed by atoms with E-state index in [1.807, 2.05) is 52.9 Å². The van der Waals surface area contributed by atoms with E-state index in [1.54, 1.807) is 0 Å². The van der Waals surface area contributed by atoms with Crippen LogP contribution in [0.15, 0.2) is 54.5 Å². The Morgan fingerprint density at radius 3 is 2.53 bits per heavy atom. The first-order valence-corrected chi connectivity index (χ1v) is 13.1. The van der Waals surface area contributed by atoms with Crippen LogP contribution in [0, 0.1) is 5.41 Å². The van der Waals surface area contributed by atoms with Crippen molar-refractivity contribution in [2.24, 2.45) is 5.41 Å². The molecule has 0 radical (unpaired) electrons. The number of ether oxygens (including phenoxy) is 1. The molecule has 206 valence electrons. The van der Waals surface area contributed by atoms with Crippen molar-refractivity contribution < 1.29 is 19.1 Å². The van der Waals surface area contributed by atoms with Crippen molar-refractivity contribution in [3.05, 3.63) is 60.1 Å². The number of allylic oxidation sites excluding steroid dienone is 1. The minimum absolute atomic E-state index is 0.309. The number of hydrogen-bond donors (Lipinski definition) is 3. The van der Waals surface area contributed by atoms with E-state index in [4.69, 9.17) is 4.74 Å². The van der Waals surface area contributed by atoms with Crippen LogP contribution in [0.25, 0.3) is 0 Å². The topological polar surface area (TPSA) is 120 Å². The Morgan fingerprint density at radius 1 is 1.16 bits per heavy atom. The predicted octanol–water partition coefficient (Wildman–Crippen LogP) is 3.91. The van der Waals surface area contributed by atoms with Gasteiger partial charge in [0.1, 0.15) is 18.0 Å². The summed E-state index contributed by atoms with van der Waals surface area (Å²) in [5.41, 5.74) is 2.06. The molecule has 2 aromatic rings. The summed E-state index contributed by atoms with van der Waals surface area (Å²) in [4.78, 5) is 42.6. The summed E-state index contributed by atoms with van der Waals surface area (Å²) >= 11 is 0. The smallest absolute Gasteiger partial charge is 0.408 e. The molecule has 2 amide bonds. The van der Waals surface area contributed by atoms with Gasteiger partial charge in [0.15, 0.2) is 0 Å². The van der Waals surface area contributed by atoms with Crippen LogP contribution in [-0.2, 0) is 20.7 Å². The zero-order valence-electron chi connectivity index (χ0n) is 23.0. The normalized spacial score (nSPS) is 15.0. The van der Waals surface area contributed by atoms with Crippen molar-refractivity contribution in [2.45, 2.75) is 65.5 Å². The lowest BCUT2D eigenvalue weighted by molar-refractivity contribution is -0.136. The van der Waals surface area contributed by atoms with Gasteiger partial charge in [-0.1, -0.05) is 70.9 Å². The first-order valence-electron chi connectivity index (χ1n) is 13.1. The van der Waals surface area contributed by atoms with Crippen molar-refractivity contribution in [3.63, 3.8) is 0 Å². The van der Waals surface area contributed by atoms with Crippen molar-refractivity contribution in [3.8, 4) is 0 Å². The highest BCUT2D eigenvalue weighted by Crippen LogP contribution is 2.26. The zero-order chi connectivity index (χ0) is 27.7. The number of rotatable bonds is 12. The van der Waals surface area contributed by atoms with Crippen LogP contribution in [-0.4, -0.2) is 70.2 Å². The Bertz CT molecular complexity index is 1090. The van der Waals surface area contributed by atoms with Crippen LogP contribution < -0.4 is 10.6 Å². The van der Waals surface area contributed by atoms with Gasteiger partial charge in [-0.05, 0) is 12.0 Å². The molecule has 0 spiro atoms. The van der Waals surface area contributed by atoms with E-state index in [1.165, 1.54) is 23.5 Å². The highest BCUT2D eigenvalue weighted by molar-refractivity contribution is 6.42. The number of nitrogens with zero attached hydrogens (tertiary/aromatic N) is 3. The Morgan fingerprint density at radius 2 is 1.89 bits per heavy atom. The predicted molar refractivity (Wildman–Crippen MR) is 146 cm³/mol. The van der Waals surface area contributed by atoms with Crippen LogP contribution in [0.2, 0.25) is 0 Å². The number of carbonyl (C=O) groups excluding carboxylic acids is 3. The lowest BCUT2D eigenvalue weighted by Gasteiger charge is -2.34. The van der Waals surface area contributed by atoms with Gasteiger partial charge in [0, 0.05) is 36.8 Å². The molecule has 3 N–H and O–H groups in total. The molecule has 1 aliphatic rings. The van der Waals surface area contributed by atoms with E-state index in [2.05, 4.69) is 49.0 Å². The van der Waals surface area contributed by atoms with Gasteiger partial charge in [-0.2, -0.15) is 5.10 Å². The number of anilines is 1. The number of aromatic amines is 1. The third-order valence-electron chi connectivity index (χ3n) is 6.49. The summed E-state index contributed by atoms with van der Waals surface area (Å²) in [6.07, 6.45) is 5.05. The van der Waals surface area contributed by atoms with Gasteiger partial charge in [0.05, 0.1) is 19.4 Å². The molecule has 38 heavy (non-hydrogen) atoms. The summed E-state index contributed by atoms with van der Waals surface area (Å²) in [6.45, 7) is 9.19. The first kappa shape index (κ1) is 28.7. The second-order valence-electron chi connectivity index (χ2n) is 10.8. The van der Waals surface area contributed by atoms with Gasteiger partial charge in [0.2, 0.25) is 5.78 Å². The number of unbranched alkanes of at least 4 members (excludes halogenated alkanes) is 1. The quantitative estimate of drug-likeness (QED) is 0.360. The molecule has 1 aliphatic heterocycles. The number of hydrogen-bond acceptors (Lipinski definition) is 7. The minimum atomic E-state index is -0.985. The van der Waals surface area contributed by atoms with Crippen LogP contribution in [0.4, 0.5) is 10.6 Å². The van der Waals surface area contributed by atoms with E-state index in [-0.39, 0.29) is 5.41 Å². The number of amides is 2. The largest absolute Gasteiger partial charge is 0.444 e. The lowest BCUT2D eigenvalue weighted by Crippen LogP contribution is -2.49. The number of Topliss-reactive ketones (excluding diaryl/α,β-unsaturated/α-hetero) is 1. The van der Waals surface area contributed by atoms with Gasteiger partial charge in [-0.25, -0.2) is 4.79 Å². The van der Waals surface area contributed by atoms with Crippen LogP contribution in [0.5, 0.6) is 0 Å².